The van der Waals surface area contributed by atoms with Crippen LogP contribution in [0.4, 0.5) is 5.69 Å². The Bertz CT molecular complexity index is 1490. The van der Waals surface area contributed by atoms with E-state index in [0.29, 0.717) is 28.6 Å². The fraction of sp³-hybridized carbons (Fsp3) is 0.333. The molecule has 9 heteroatoms. The van der Waals surface area contributed by atoms with Crippen LogP contribution in [-0.4, -0.2) is 39.1 Å². The van der Waals surface area contributed by atoms with E-state index < -0.39 is 0 Å². The first-order valence-electron chi connectivity index (χ1n) is 11.1. The zero-order valence-corrected chi connectivity index (χ0v) is 18.9. The van der Waals surface area contributed by atoms with Crippen molar-refractivity contribution in [2.75, 3.05) is 18.6 Å². The fourth-order valence-electron chi connectivity index (χ4n) is 4.91. The van der Waals surface area contributed by atoms with Crippen LogP contribution < -0.4 is 10.5 Å². The molecule has 0 spiro atoms. The summed E-state index contributed by atoms with van der Waals surface area (Å²) in [5.41, 5.74) is 4.47. The quantitative estimate of drug-likeness (QED) is 0.496. The highest BCUT2D eigenvalue weighted by molar-refractivity contribution is 6.30. The predicted octanol–water partition coefficient (Wildman–Crippen LogP) is 3.84. The zero-order chi connectivity index (χ0) is 22.7. The van der Waals surface area contributed by atoms with E-state index >= 15 is 0 Å². The standard InChI is InChI=1S/C24H22ClN5O3/c1-33-12-15-10-20-18(26-23(31)22-28-27-21(30(20)22)13-3-2-4-13)11-17(15)24(32)29-8-7-14-9-16(25)5-6-19(14)29/h5-6,9-11,13H,2-4,7-8,12H2,1H3,(H,26,31). The van der Waals surface area contributed by atoms with Crippen molar-refractivity contribution in [2.45, 2.75) is 38.2 Å². The Balaban J connectivity index is 1.53. The molecule has 2 aromatic carbocycles. The van der Waals surface area contributed by atoms with Crippen LogP contribution in [0.3, 0.4) is 0 Å². The third-order valence-electron chi connectivity index (χ3n) is 6.78. The molecule has 1 aliphatic heterocycles. The highest BCUT2D eigenvalue weighted by Gasteiger charge is 2.29. The zero-order valence-electron chi connectivity index (χ0n) is 18.1. The third kappa shape index (κ3) is 3.16. The van der Waals surface area contributed by atoms with Crippen molar-refractivity contribution in [3.63, 3.8) is 0 Å². The van der Waals surface area contributed by atoms with Crippen LogP contribution in [0.15, 0.2) is 35.1 Å². The van der Waals surface area contributed by atoms with Gasteiger partial charge in [0.05, 0.1) is 17.6 Å². The highest BCUT2D eigenvalue weighted by Crippen LogP contribution is 2.36. The number of aromatic nitrogens is 4. The number of carbonyl (C=O) groups is 1. The van der Waals surface area contributed by atoms with Gasteiger partial charge >= 0.3 is 0 Å². The van der Waals surface area contributed by atoms with Crippen LogP contribution in [0.2, 0.25) is 5.02 Å². The average Bonchev–Trinajstić information content (AvgIpc) is 3.37. The molecule has 6 rings (SSSR count). The summed E-state index contributed by atoms with van der Waals surface area (Å²) in [5.74, 6) is 0.971. The average molecular weight is 464 g/mol. The van der Waals surface area contributed by atoms with Gasteiger partial charge in [-0.05, 0) is 60.7 Å². The Morgan fingerprint density at radius 3 is 2.85 bits per heavy atom. The first-order valence-corrected chi connectivity index (χ1v) is 11.5. The number of amides is 1. The number of hydrogen-bond acceptors (Lipinski definition) is 5. The summed E-state index contributed by atoms with van der Waals surface area (Å²) >= 11 is 6.14. The molecule has 168 valence electrons. The molecule has 33 heavy (non-hydrogen) atoms. The maximum atomic E-state index is 13.7. The van der Waals surface area contributed by atoms with Gasteiger partial charge in [-0.25, -0.2) is 0 Å². The van der Waals surface area contributed by atoms with Gasteiger partial charge in [0, 0.05) is 35.8 Å². The van der Waals surface area contributed by atoms with Gasteiger partial charge in [-0.3, -0.25) is 14.0 Å². The van der Waals surface area contributed by atoms with Gasteiger partial charge in [-0.15, -0.1) is 10.2 Å². The summed E-state index contributed by atoms with van der Waals surface area (Å²) in [6.07, 6.45) is 3.97. The summed E-state index contributed by atoms with van der Waals surface area (Å²) in [7, 11) is 1.60. The number of aromatic amines is 1. The molecule has 1 N–H and O–H groups in total. The van der Waals surface area contributed by atoms with Gasteiger partial charge in [-0.1, -0.05) is 18.0 Å². The van der Waals surface area contributed by atoms with Crippen molar-refractivity contribution in [1.29, 1.82) is 0 Å². The molecule has 0 saturated heterocycles. The van der Waals surface area contributed by atoms with Crippen LogP contribution in [0.1, 0.15) is 52.5 Å². The third-order valence-corrected chi connectivity index (χ3v) is 7.02. The summed E-state index contributed by atoms with van der Waals surface area (Å²) in [4.78, 5) is 31.1. The molecule has 1 fully saturated rings. The Labute approximate surface area is 194 Å². The van der Waals surface area contributed by atoms with E-state index in [9.17, 15) is 9.59 Å². The van der Waals surface area contributed by atoms with Crippen LogP contribution in [0.5, 0.6) is 0 Å². The van der Waals surface area contributed by atoms with E-state index in [0.717, 1.165) is 53.8 Å². The van der Waals surface area contributed by atoms with E-state index in [1.54, 1.807) is 24.1 Å². The van der Waals surface area contributed by atoms with Gasteiger partial charge in [-0.2, -0.15) is 0 Å². The first-order chi connectivity index (χ1) is 16.0. The molecule has 0 bridgehead atoms. The van der Waals surface area contributed by atoms with Gasteiger partial charge in [0.2, 0.25) is 5.65 Å². The molecule has 2 aliphatic rings. The first kappa shape index (κ1) is 20.4. The second kappa shape index (κ2) is 7.67. The Kier molecular flexibility index (Phi) is 4.74. The Morgan fingerprint density at radius 2 is 2.09 bits per heavy atom. The van der Waals surface area contributed by atoms with Crippen molar-refractivity contribution in [3.05, 3.63) is 68.2 Å². The minimum atomic E-state index is -0.320. The molecule has 4 aromatic rings. The van der Waals surface area contributed by atoms with Crippen molar-refractivity contribution in [1.82, 2.24) is 19.6 Å². The normalized spacial score (nSPS) is 15.9. The molecule has 0 atom stereocenters. The summed E-state index contributed by atoms with van der Waals surface area (Å²) in [6, 6.07) is 9.26. The SMILES string of the molecule is COCc1cc2c(cc1C(=O)N1CCc3cc(Cl)ccc31)[nH]c(=O)c1nnc(C3CCC3)n12. The molecule has 1 aliphatic carbocycles. The minimum Gasteiger partial charge on any atom is -0.380 e. The number of hydrogen-bond donors (Lipinski definition) is 1. The maximum Gasteiger partial charge on any atom is 0.294 e. The van der Waals surface area contributed by atoms with Gasteiger partial charge in [0.25, 0.3) is 11.5 Å². The number of H-pyrrole nitrogens is 1. The van der Waals surface area contributed by atoms with Gasteiger partial charge in [0.15, 0.2) is 0 Å². The Hall–Kier alpha value is -3.23. The van der Waals surface area contributed by atoms with E-state index in [-0.39, 0.29) is 23.7 Å². The van der Waals surface area contributed by atoms with E-state index in [1.807, 2.05) is 22.6 Å². The number of methoxy groups -OCH3 is 1. The summed E-state index contributed by atoms with van der Waals surface area (Å²) in [5, 5.41) is 9.14. The smallest absolute Gasteiger partial charge is 0.294 e. The largest absolute Gasteiger partial charge is 0.380 e. The molecule has 3 heterocycles. The number of rotatable bonds is 4. The van der Waals surface area contributed by atoms with Gasteiger partial charge < -0.3 is 14.6 Å². The van der Waals surface area contributed by atoms with E-state index in [2.05, 4.69) is 15.2 Å². The predicted molar refractivity (Wildman–Crippen MR) is 125 cm³/mol. The molecule has 1 saturated carbocycles. The molecule has 8 nitrogen and oxygen atoms in total. The number of ether oxygens (including phenoxy) is 1. The molecular formula is C24H22ClN5O3. The van der Waals surface area contributed by atoms with Gasteiger partial charge in [0.1, 0.15) is 5.82 Å². The molecule has 0 unspecified atom stereocenters. The number of halogens is 1. The van der Waals surface area contributed by atoms with Crippen LogP contribution in [0, 0.1) is 0 Å². The molecule has 1 amide bonds. The monoisotopic (exact) mass is 463 g/mol. The highest BCUT2D eigenvalue weighted by atomic mass is 35.5. The number of anilines is 1. The van der Waals surface area contributed by atoms with Crippen LogP contribution in [-0.2, 0) is 17.8 Å². The number of nitrogens with zero attached hydrogens (tertiary/aromatic N) is 4. The van der Waals surface area contributed by atoms with E-state index in [1.165, 1.54) is 0 Å². The number of benzene rings is 2. The molecule has 2 aromatic heterocycles. The lowest BCUT2D eigenvalue weighted by atomic mass is 9.85. The fourth-order valence-corrected chi connectivity index (χ4v) is 5.10. The van der Waals surface area contributed by atoms with Crippen molar-refractivity contribution >= 4 is 39.9 Å². The lowest BCUT2D eigenvalue weighted by molar-refractivity contribution is 0.0984. The number of nitrogens with one attached hydrogen (secondary N) is 1. The second-order valence-corrected chi connectivity index (χ2v) is 9.17. The lowest BCUT2D eigenvalue weighted by Gasteiger charge is -2.24. The number of carbonyl (C=O) groups excluding carboxylic acids is 1. The van der Waals surface area contributed by atoms with Crippen molar-refractivity contribution < 1.29 is 9.53 Å². The molecule has 0 radical (unpaired) electrons. The van der Waals surface area contributed by atoms with Crippen LogP contribution >= 0.6 is 11.6 Å². The van der Waals surface area contributed by atoms with Crippen molar-refractivity contribution in [2.24, 2.45) is 0 Å². The van der Waals surface area contributed by atoms with Crippen LogP contribution in [0.25, 0.3) is 16.7 Å². The summed E-state index contributed by atoms with van der Waals surface area (Å²) < 4.78 is 7.29. The number of fused-ring (bicyclic) bond motifs is 4. The lowest BCUT2D eigenvalue weighted by Crippen LogP contribution is -2.30. The topological polar surface area (TPSA) is 92.6 Å². The second-order valence-electron chi connectivity index (χ2n) is 8.74. The summed E-state index contributed by atoms with van der Waals surface area (Å²) in [6.45, 7) is 0.839. The van der Waals surface area contributed by atoms with E-state index in [4.69, 9.17) is 16.3 Å². The maximum absolute atomic E-state index is 13.7. The van der Waals surface area contributed by atoms with Crippen molar-refractivity contribution in [3.8, 4) is 0 Å². The minimum absolute atomic E-state index is 0.131. The Morgan fingerprint density at radius 1 is 1.24 bits per heavy atom. The molecular weight excluding hydrogens is 442 g/mol.